The molecule has 1 aliphatic rings. The van der Waals surface area contributed by atoms with E-state index in [1.165, 1.54) is 11.0 Å². The predicted octanol–water partition coefficient (Wildman–Crippen LogP) is 4.50. The Morgan fingerprint density at radius 3 is 2.86 bits per heavy atom. The van der Waals surface area contributed by atoms with E-state index >= 15 is 4.39 Å². The van der Waals surface area contributed by atoms with Crippen LogP contribution in [0.3, 0.4) is 0 Å². The molecule has 2 heterocycles. The van der Waals surface area contributed by atoms with Crippen LogP contribution >= 0.6 is 0 Å². The number of hydrogen-bond acceptors (Lipinski definition) is 6. The average molecular weight is 486 g/mol. The third-order valence-electron chi connectivity index (χ3n) is 6.15. The first-order valence-electron chi connectivity index (χ1n) is 11.6. The van der Waals surface area contributed by atoms with E-state index in [1.54, 1.807) is 56.7 Å². The molecule has 5 rings (SSSR count). The second-order valence-electron chi connectivity index (χ2n) is 9.01. The molecule has 1 saturated carbocycles. The van der Waals surface area contributed by atoms with Gasteiger partial charge in [-0.25, -0.2) is 4.39 Å². The van der Waals surface area contributed by atoms with Gasteiger partial charge in [0.05, 0.1) is 46.8 Å². The normalized spacial score (nSPS) is 13.9. The second kappa shape index (κ2) is 9.40. The number of ether oxygens (including phenoxy) is 1. The van der Waals surface area contributed by atoms with Gasteiger partial charge < -0.3 is 14.7 Å². The highest BCUT2D eigenvalue weighted by atomic mass is 19.1. The smallest absolute Gasteiger partial charge is 0.254 e. The number of aliphatic hydroxyl groups excluding tert-OH is 1. The Morgan fingerprint density at radius 2 is 2.14 bits per heavy atom. The molecule has 0 spiro atoms. The molecule has 0 aliphatic heterocycles. The van der Waals surface area contributed by atoms with Crippen molar-refractivity contribution in [3.05, 3.63) is 77.0 Å². The minimum absolute atomic E-state index is 0.0162. The van der Waals surface area contributed by atoms with E-state index in [2.05, 4.69) is 21.3 Å². The molecule has 182 valence electrons. The number of fused-ring (bicyclic) bond motifs is 1. The monoisotopic (exact) mass is 485 g/mol. The number of carbonyl (C=O) groups is 1. The molecule has 1 amide bonds. The Morgan fingerprint density at radius 1 is 1.33 bits per heavy atom. The Bertz CT molecular complexity index is 1500. The number of aromatic amines is 1. The summed E-state index contributed by atoms with van der Waals surface area (Å²) in [5.74, 6) is -0.707. The third kappa shape index (κ3) is 4.51. The number of hydrogen-bond donors (Lipinski definition) is 2. The van der Waals surface area contributed by atoms with Crippen molar-refractivity contribution >= 4 is 16.8 Å². The zero-order valence-electron chi connectivity index (χ0n) is 19.8. The Balaban J connectivity index is 1.47. The van der Waals surface area contributed by atoms with Gasteiger partial charge in [-0.2, -0.15) is 10.4 Å². The summed E-state index contributed by atoms with van der Waals surface area (Å²) in [6.07, 6.45) is 4.14. The number of benzene rings is 2. The van der Waals surface area contributed by atoms with Gasteiger partial charge in [0.2, 0.25) is 0 Å². The molecule has 4 aromatic rings. The maximum atomic E-state index is 15.5. The lowest BCUT2D eigenvalue weighted by molar-refractivity contribution is 0.0784. The van der Waals surface area contributed by atoms with E-state index < -0.39 is 11.9 Å². The quantitative estimate of drug-likeness (QED) is 0.398. The maximum Gasteiger partial charge on any atom is 0.254 e. The van der Waals surface area contributed by atoms with Crippen molar-refractivity contribution in [2.24, 2.45) is 0 Å². The summed E-state index contributed by atoms with van der Waals surface area (Å²) in [5.41, 5.74) is 3.19. The summed E-state index contributed by atoms with van der Waals surface area (Å²) in [4.78, 5) is 19.1. The van der Waals surface area contributed by atoms with Crippen LogP contribution in [0.5, 0.6) is 5.75 Å². The van der Waals surface area contributed by atoms with Crippen LogP contribution < -0.4 is 4.74 Å². The summed E-state index contributed by atoms with van der Waals surface area (Å²) in [7, 11) is 1.62. The van der Waals surface area contributed by atoms with E-state index in [0.29, 0.717) is 33.3 Å². The van der Waals surface area contributed by atoms with Crippen LogP contribution in [0.1, 0.15) is 53.0 Å². The topological polar surface area (TPSA) is 115 Å². The summed E-state index contributed by atoms with van der Waals surface area (Å²) in [6.45, 7) is 1.82. The van der Waals surface area contributed by atoms with Gasteiger partial charge in [0, 0.05) is 36.3 Å². The van der Waals surface area contributed by atoms with Gasteiger partial charge in [-0.3, -0.25) is 14.9 Å². The molecule has 2 N–H and O–H groups in total. The number of H-pyrrole nitrogens is 1. The molecule has 1 unspecified atom stereocenters. The third-order valence-corrected chi connectivity index (χ3v) is 6.15. The molecule has 36 heavy (non-hydrogen) atoms. The number of halogens is 1. The first-order valence-corrected chi connectivity index (χ1v) is 11.6. The summed E-state index contributed by atoms with van der Waals surface area (Å²) in [5, 5.41) is 26.9. The summed E-state index contributed by atoms with van der Waals surface area (Å²) >= 11 is 0. The van der Waals surface area contributed by atoms with Gasteiger partial charge in [0.25, 0.3) is 5.91 Å². The second-order valence-corrected chi connectivity index (χ2v) is 9.01. The molecule has 0 radical (unpaired) electrons. The lowest BCUT2D eigenvalue weighted by atomic mass is 9.99. The van der Waals surface area contributed by atoms with Crippen molar-refractivity contribution in [3.63, 3.8) is 0 Å². The van der Waals surface area contributed by atoms with Crippen molar-refractivity contribution in [3.8, 4) is 22.9 Å². The fraction of sp³-hybridized carbons (Fsp3) is 0.259. The Kier molecular flexibility index (Phi) is 6.12. The SMILES string of the molecule is CC(O)c1ncc(CN(C)C(=O)c2cc(F)c(-c3cccc(C#N)c3)c(OC3CC3)c2)c2[nH]ncc12. The van der Waals surface area contributed by atoms with Crippen molar-refractivity contribution < 1.29 is 19.0 Å². The molecule has 0 bridgehead atoms. The number of nitrogens with one attached hydrogen (secondary N) is 1. The van der Waals surface area contributed by atoms with Crippen LogP contribution in [0, 0.1) is 17.1 Å². The largest absolute Gasteiger partial charge is 0.490 e. The number of aromatic nitrogens is 3. The number of nitriles is 1. The predicted molar refractivity (Wildman–Crippen MR) is 131 cm³/mol. The molecule has 1 aliphatic carbocycles. The minimum Gasteiger partial charge on any atom is -0.490 e. The van der Waals surface area contributed by atoms with Crippen LogP contribution in [0.15, 0.2) is 48.8 Å². The fourth-order valence-electron chi connectivity index (χ4n) is 4.19. The standard InChI is InChI=1S/C27H24FN5O3/c1-15(34)25-21-13-31-32-26(21)19(12-30-25)14-33(2)27(35)18-9-22(28)24(23(10-18)36-20-6-7-20)17-5-3-4-16(8-17)11-29/h3-5,8-10,12-13,15,20,34H,6-7,14H2,1-2H3,(H,31,32). The van der Waals surface area contributed by atoms with Crippen molar-refractivity contribution in [2.45, 2.75) is 38.5 Å². The maximum absolute atomic E-state index is 15.5. The van der Waals surface area contributed by atoms with Crippen molar-refractivity contribution in [2.75, 3.05) is 7.05 Å². The lowest BCUT2D eigenvalue weighted by Crippen LogP contribution is -2.26. The number of nitrogens with zero attached hydrogens (tertiary/aromatic N) is 4. The first-order chi connectivity index (χ1) is 17.4. The van der Waals surface area contributed by atoms with Gasteiger partial charge in [0.1, 0.15) is 11.6 Å². The van der Waals surface area contributed by atoms with Gasteiger partial charge in [-0.05, 0) is 49.6 Å². The van der Waals surface area contributed by atoms with Gasteiger partial charge in [-0.15, -0.1) is 0 Å². The minimum atomic E-state index is -0.765. The molecule has 2 aromatic heterocycles. The van der Waals surface area contributed by atoms with E-state index in [4.69, 9.17) is 4.74 Å². The Labute approximate surface area is 207 Å². The molecule has 1 atom stereocenters. The molecule has 2 aromatic carbocycles. The zero-order valence-corrected chi connectivity index (χ0v) is 19.8. The molecule has 0 saturated heterocycles. The molecule has 8 nitrogen and oxygen atoms in total. The van der Waals surface area contributed by atoms with E-state index in [9.17, 15) is 15.2 Å². The number of amides is 1. The van der Waals surface area contributed by atoms with Crippen molar-refractivity contribution in [1.29, 1.82) is 5.26 Å². The molecular weight excluding hydrogens is 461 g/mol. The number of pyridine rings is 1. The van der Waals surface area contributed by atoms with E-state index in [1.807, 2.05) is 0 Å². The van der Waals surface area contributed by atoms with Gasteiger partial charge in [0.15, 0.2) is 0 Å². The van der Waals surface area contributed by atoms with Gasteiger partial charge >= 0.3 is 0 Å². The molecular formula is C27H24FN5O3. The van der Waals surface area contributed by atoms with Crippen LogP contribution in [0.4, 0.5) is 4.39 Å². The first kappa shape index (κ1) is 23.5. The number of rotatable bonds is 7. The highest BCUT2D eigenvalue weighted by Gasteiger charge is 2.28. The zero-order chi connectivity index (χ0) is 25.4. The summed E-state index contributed by atoms with van der Waals surface area (Å²) in [6, 6.07) is 11.5. The fourth-order valence-corrected chi connectivity index (χ4v) is 4.19. The Hall–Kier alpha value is -4.29. The number of aliphatic hydroxyl groups is 1. The highest BCUT2D eigenvalue weighted by molar-refractivity contribution is 5.96. The van der Waals surface area contributed by atoms with Crippen LogP contribution in [-0.2, 0) is 6.54 Å². The molecule has 9 heteroatoms. The number of carbonyl (C=O) groups excluding carboxylic acids is 1. The van der Waals surface area contributed by atoms with Gasteiger partial charge in [-0.1, -0.05) is 12.1 Å². The average Bonchev–Trinajstić information content (AvgIpc) is 3.54. The highest BCUT2D eigenvalue weighted by Crippen LogP contribution is 2.38. The van der Waals surface area contributed by atoms with E-state index in [0.717, 1.165) is 12.8 Å². The lowest BCUT2D eigenvalue weighted by Gasteiger charge is -2.20. The van der Waals surface area contributed by atoms with Crippen LogP contribution in [0.2, 0.25) is 0 Å². The van der Waals surface area contributed by atoms with Crippen LogP contribution in [-0.4, -0.2) is 44.2 Å². The summed E-state index contributed by atoms with van der Waals surface area (Å²) < 4.78 is 21.5. The molecule has 1 fully saturated rings. The van der Waals surface area contributed by atoms with Crippen molar-refractivity contribution in [1.82, 2.24) is 20.1 Å². The van der Waals surface area contributed by atoms with E-state index in [-0.39, 0.29) is 35.4 Å². The van der Waals surface area contributed by atoms with Crippen LogP contribution in [0.25, 0.3) is 22.0 Å².